The van der Waals surface area contributed by atoms with Gasteiger partial charge >= 0.3 is 5.97 Å². The summed E-state index contributed by atoms with van der Waals surface area (Å²) in [5.41, 5.74) is 6.77. The van der Waals surface area contributed by atoms with Crippen LogP contribution in [0.25, 0.3) is 0 Å². The topological polar surface area (TPSA) is 32.8 Å². The van der Waals surface area contributed by atoms with Crippen LogP contribution in [0.5, 0.6) is 0 Å². The number of rotatable bonds is 4. The summed E-state index contributed by atoms with van der Waals surface area (Å²) in [6.45, 7) is 11.7. The number of carbonyl (C=O) groups excluding carboxylic acids is 1. The summed E-state index contributed by atoms with van der Waals surface area (Å²) in [6.07, 6.45) is 1.10. The van der Waals surface area contributed by atoms with E-state index in [9.17, 15) is 4.79 Å². The molecule has 0 radical (unpaired) electrons. The first kappa shape index (κ1) is 19.8. The van der Waals surface area contributed by atoms with Crippen LogP contribution in [0.4, 0.5) is 17.1 Å². The van der Waals surface area contributed by atoms with Crippen LogP contribution in [-0.4, -0.2) is 32.7 Å². The maximum Gasteiger partial charge on any atom is 0.312 e. The van der Waals surface area contributed by atoms with E-state index in [0.717, 1.165) is 26.1 Å². The molecule has 0 atom stereocenters. The maximum absolute atomic E-state index is 11.7. The van der Waals surface area contributed by atoms with Crippen molar-refractivity contribution in [2.75, 3.05) is 36.5 Å². The quantitative estimate of drug-likeness (QED) is 0.675. The molecule has 0 saturated carbocycles. The first-order chi connectivity index (χ1) is 13.8. The van der Waals surface area contributed by atoms with Crippen LogP contribution in [0.2, 0.25) is 0 Å². The third-order valence-electron chi connectivity index (χ3n) is 6.24. The molecule has 4 nitrogen and oxygen atoms in total. The number of nitrogens with zero attached hydrogens (tertiary/aromatic N) is 2. The van der Waals surface area contributed by atoms with Crippen molar-refractivity contribution in [1.82, 2.24) is 0 Å². The van der Waals surface area contributed by atoms with Crippen LogP contribution in [-0.2, 0) is 16.0 Å². The van der Waals surface area contributed by atoms with Gasteiger partial charge in [0.15, 0.2) is 0 Å². The SMILES string of the molecule is COC(=O)C1CN(c2cccc(N3CC(C)(C)Cc4cc(C(C)C)ccc43)c2)C1. The second kappa shape index (κ2) is 7.40. The third kappa shape index (κ3) is 3.85. The van der Waals surface area contributed by atoms with Crippen molar-refractivity contribution in [2.24, 2.45) is 11.3 Å². The van der Waals surface area contributed by atoms with Gasteiger partial charge in [-0.25, -0.2) is 0 Å². The Kier molecular flexibility index (Phi) is 5.05. The summed E-state index contributed by atoms with van der Waals surface area (Å²) < 4.78 is 4.87. The first-order valence-corrected chi connectivity index (χ1v) is 10.6. The number of carbonyl (C=O) groups is 1. The molecule has 0 aromatic heterocycles. The fraction of sp³-hybridized carbons (Fsp3) is 0.480. The fourth-order valence-corrected chi connectivity index (χ4v) is 4.55. The Morgan fingerprint density at radius 2 is 1.83 bits per heavy atom. The van der Waals surface area contributed by atoms with Crippen molar-refractivity contribution in [3.8, 4) is 0 Å². The van der Waals surface area contributed by atoms with Gasteiger partial charge in [-0.05, 0) is 53.1 Å². The maximum atomic E-state index is 11.7. The van der Waals surface area contributed by atoms with Crippen molar-refractivity contribution in [3.63, 3.8) is 0 Å². The molecule has 4 heteroatoms. The van der Waals surface area contributed by atoms with Crippen molar-refractivity contribution in [2.45, 2.75) is 40.0 Å². The van der Waals surface area contributed by atoms with Gasteiger partial charge in [0.1, 0.15) is 0 Å². The number of benzene rings is 2. The van der Waals surface area contributed by atoms with E-state index >= 15 is 0 Å². The van der Waals surface area contributed by atoms with E-state index in [2.05, 4.69) is 80.0 Å². The number of anilines is 3. The molecule has 2 aliphatic heterocycles. The van der Waals surface area contributed by atoms with Crippen LogP contribution in [0.15, 0.2) is 42.5 Å². The molecule has 1 fully saturated rings. The first-order valence-electron chi connectivity index (χ1n) is 10.6. The average Bonchev–Trinajstić information content (AvgIpc) is 2.65. The molecule has 4 rings (SSSR count). The van der Waals surface area contributed by atoms with E-state index in [0.29, 0.717) is 5.92 Å². The lowest BCUT2D eigenvalue weighted by atomic mass is 9.80. The number of hydrogen-bond acceptors (Lipinski definition) is 4. The molecule has 2 aromatic rings. The molecule has 2 aromatic carbocycles. The standard InChI is InChI=1S/C25H32N2O2/c1-17(2)18-9-10-23-19(11-18)13-25(3,4)16-27(23)22-8-6-7-21(12-22)26-14-20(15-26)24(28)29-5/h6-12,17,20H,13-16H2,1-5H3. The summed E-state index contributed by atoms with van der Waals surface area (Å²) in [4.78, 5) is 16.4. The van der Waals surface area contributed by atoms with E-state index in [-0.39, 0.29) is 17.3 Å². The van der Waals surface area contributed by atoms with E-state index in [1.54, 1.807) is 0 Å². The largest absolute Gasteiger partial charge is 0.469 e. The fourth-order valence-electron chi connectivity index (χ4n) is 4.55. The van der Waals surface area contributed by atoms with Crippen LogP contribution in [0.3, 0.4) is 0 Å². The zero-order valence-corrected chi connectivity index (χ0v) is 18.2. The number of fused-ring (bicyclic) bond motifs is 1. The molecule has 154 valence electrons. The van der Waals surface area contributed by atoms with Crippen LogP contribution < -0.4 is 9.80 Å². The molecule has 0 bridgehead atoms. The van der Waals surface area contributed by atoms with E-state index in [4.69, 9.17) is 4.74 Å². The number of esters is 1. The highest BCUT2D eigenvalue weighted by molar-refractivity contribution is 5.77. The predicted octanol–water partition coefficient (Wildman–Crippen LogP) is 5.14. The number of methoxy groups -OCH3 is 1. The Hall–Kier alpha value is -2.49. The normalized spacial score (nSPS) is 18.4. The van der Waals surface area contributed by atoms with Crippen molar-refractivity contribution in [3.05, 3.63) is 53.6 Å². The zero-order chi connectivity index (χ0) is 20.8. The monoisotopic (exact) mass is 392 g/mol. The van der Waals surface area contributed by atoms with Gasteiger partial charge in [0.25, 0.3) is 0 Å². The lowest BCUT2D eigenvalue weighted by Gasteiger charge is -2.42. The molecule has 0 unspecified atom stereocenters. The molecular weight excluding hydrogens is 360 g/mol. The van der Waals surface area contributed by atoms with Gasteiger partial charge in [-0.15, -0.1) is 0 Å². The highest BCUT2D eigenvalue weighted by Crippen LogP contribution is 2.42. The van der Waals surface area contributed by atoms with Gasteiger partial charge in [-0.1, -0.05) is 45.9 Å². The van der Waals surface area contributed by atoms with Crippen molar-refractivity contribution in [1.29, 1.82) is 0 Å². The summed E-state index contributed by atoms with van der Waals surface area (Å²) >= 11 is 0. The van der Waals surface area contributed by atoms with E-state index in [1.165, 1.54) is 35.3 Å². The minimum Gasteiger partial charge on any atom is -0.469 e. The molecule has 2 aliphatic rings. The average molecular weight is 393 g/mol. The second-order valence-electron chi connectivity index (χ2n) is 9.61. The van der Waals surface area contributed by atoms with Crippen molar-refractivity contribution < 1.29 is 9.53 Å². The second-order valence-corrected chi connectivity index (χ2v) is 9.61. The molecule has 0 amide bonds. The van der Waals surface area contributed by atoms with Crippen molar-refractivity contribution >= 4 is 23.0 Å². The molecule has 29 heavy (non-hydrogen) atoms. The van der Waals surface area contributed by atoms with Gasteiger partial charge in [-0.2, -0.15) is 0 Å². The van der Waals surface area contributed by atoms with Crippen LogP contribution in [0.1, 0.15) is 44.7 Å². The van der Waals surface area contributed by atoms with Gasteiger partial charge in [0.2, 0.25) is 0 Å². The Balaban J connectivity index is 1.63. The third-order valence-corrected chi connectivity index (χ3v) is 6.24. The van der Waals surface area contributed by atoms with Gasteiger partial charge in [0.05, 0.1) is 13.0 Å². The summed E-state index contributed by atoms with van der Waals surface area (Å²) in [6, 6.07) is 15.7. The van der Waals surface area contributed by atoms with E-state index < -0.39 is 0 Å². The highest BCUT2D eigenvalue weighted by atomic mass is 16.5. The van der Waals surface area contributed by atoms with Gasteiger partial charge < -0.3 is 14.5 Å². The lowest BCUT2D eigenvalue weighted by Crippen LogP contribution is -2.50. The Bertz CT molecular complexity index is 913. The number of hydrogen-bond donors (Lipinski definition) is 0. The zero-order valence-electron chi connectivity index (χ0n) is 18.2. The molecule has 2 heterocycles. The minimum absolute atomic E-state index is 0.00671. The Morgan fingerprint density at radius 3 is 2.52 bits per heavy atom. The minimum atomic E-state index is -0.106. The van der Waals surface area contributed by atoms with E-state index in [1.807, 2.05) is 0 Å². The van der Waals surface area contributed by atoms with Gasteiger partial charge in [0, 0.05) is 36.7 Å². The van der Waals surface area contributed by atoms with Crippen LogP contribution in [0, 0.1) is 11.3 Å². The summed E-state index contributed by atoms with van der Waals surface area (Å²) in [7, 11) is 1.46. The summed E-state index contributed by atoms with van der Waals surface area (Å²) in [5, 5.41) is 0. The predicted molar refractivity (Wildman–Crippen MR) is 119 cm³/mol. The molecule has 0 spiro atoms. The highest BCUT2D eigenvalue weighted by Gasteiger charge is 2.35. The smallest absolute Gasteiger partial charge is 0.312 e. The molecule has 0 aliphatic carbocycles. The number of ether oxygens (including phenoxy) is 1. The lowest BCUT2D eigenvalue weighted by molar-refractivity contribution is -0.146. The molecular formula is C25H32N2O2. The Labute approximate surface area is 174 Å². The van der Waals surface area contributed by atoms with Gasteiger partial charge in [-0.3, -0.25) is 4.79 Å². The molecule has 1 saturated heterocycles. The molecule has 0 N–H and O–H groups in total. The summed E-state index contributed by atoms with van der Waals surface area (Å²) in [5.74, 6) is 0.425. The van der Waals surface area contributed by atoms with Crippen LogP contribution >= 0.6 is 0 Å². The Morgan fingerprint density at radius 1 is 1.10 bits per heavy atom.